The van der Waals surface area contributed by atoms with Gasteiger partial charge >= 0.3 is 0 Å². The highest BCUT2D eigenvalue weighted by Gasteiger charge is 2.44. The maximum atomic E-state index is 11.1. The molecule has 0 bridgehead atoms. The van der Waals surface area contributed by atoms with Gasteiger partial charge < -0.3 is 10.1 Å². The van der Waals surface area contributed by atoms with Gasteiger partial charge in [0, 0.05) is 24.6 Å². The van der Waals surface area contributed by atoms with Crippen molar-refractivity contribution in [2.24, 2.45) is 0 Å². The number of nitrogens with zero attached hydrogens (tertiary/aromatic N) is 1. The Morgan fingerprint density at radius 1 is 1.58 bits per heavy atom. The molecule has 2 aliphatic rings. The molecule has 1 aromatic carbocycles. The van der Waals surface area contributed by atoms with Gasteiger partial charge in [0.25, 0.3) is 5.69 Å². The number of benzene rings is 1. The lowest BCUT2D eigenvalue weighted by Gasteiger charge is -2.37. The third kappa shape index (κ3) is 1.89. The van der Waals surface area contributed by atoms with Crippen molar-refractivity contribution < 1.29 is 9.66 Å². The largest absolute Gasteiger partial charge is 0.378 e. The van der Waals surface area contributed by atoms with Crippen LogP contribution in [0.2, 0.25) is 0 Å². The van der Waals surface area contributed by atoms with Crippen molar-refractivity contribution in [3.8, 4) is 0 Å². The fourth-order valence-electron chi connectivity index (χ4n) is 3.36. The van der Waals surface area contributed by atoms with Gasteiger partial charge in [0.2, 0.25) is 0 Å². The molecule has 2 aliphatic heterocycles. The summed E-state index contributed by atoms with van der Waals surface area (Å²) < 4.78 is 5.74. The maximum Gasteiger partial charge on any atom is 0.292 e. The van der Waals surface area contributed by atoms with Crippen LogP contribution in [0.15, 0.2) is 18.2 Å². The van der Waals surface area contributed by atoms with Crippen molar-refractivity contribution in [1.29, 1.82) is 0 Å². The van der Waals surface area contributed by atoms with Crippen LogP contribution in [0, 0.1) is 10.1 Å². The Labute approximate surface area is 112 Å². The van der Waals surface area contributed by atoms with Crippen LogP contribution in [0.5, 0.6) is 0 Å². The van der Waals surface area contributed by atoms with E-state index in [1.54, 1.807) is 12.1 Å². The summed E-state index contributed by atoms with van der Waals surface area (Å²) in [5, 5.41) is 14.4. The highest BCUT2D eigenvalue weighted by atomic mass is 16.6. The Kier molecular flexibility index (Phi) is 2.93. The molecule has 2 atom stereocenters. The number of nitro benzene ring substituents is 1. The van der Waals surface area contributed by atoms with E-state index in [-0.39, 0.29) is 22.1 Å². The minimum Gasteiger partial charge on any atom is -0.378 e. The molecule has 1 spiro atoms. The monoisotopic (exact) mass is 262 g/mol. The molecule has 5 nitrogen and oxygen atoms in total. The molecule has 1 fully saturated rings. The number of hydrogen-bond acceptors (Lipinski definition) is 4. The second-order valence-corrected chi connectivity index (χ2v) is 5.45. The van der Waals surface area contributed by atoms with E-state index in [9.17, 15) is 10.1 Å². The molecular weight excluding hydrogens is 244 g/mol. The zero-order valence-electron chi connectivity index (χ0n) is 11.0. The van der Waals surface area contributed by atoms with Crippen LogP contribution in [0.3, 0.4) is 0 Å². The molecule has 1 aromatic rings. The fraction of sp³-hybridized carbons (Fsp3) is 0.571. The number of fused-ring (bicyclic) bond motifs is 2. The summed E-state index contributed by atoms with van der Waals surface area (Å²) in [6.07, 6.45) is 3.14. The van der Waals surface area contributed by atoms with Crippen LogP contribution in [0.1, 0.15) is 31.7 Å². The average molecular weight is 262 g/mol. The van der Waals surface area contributed by atoms with Gasteiger partial charge in [-0.1, -0.05) is 19.1 Å². The molecular formula is C14H18N2O3. The third-order valence-electron chi connectivity index (χ3n) is 4.42. The molecule has 0 saturated carbocycles. The minimum absolute atomic E-state index is 0.0142. The van der Waals surface area contributed by atoms with E-state index in [1.165, 1.54) is 0 Å². The fourth-order valence-corrected chi connectivity index (χ4v) is 3.36. The van der Waals surface area contributed by atoms with Crippen LogP contribution >= 0.6 is 0 Å². The quantitative estimate of drug-likeness (QED) is 0.657. The Hall–Kier alpha value is -1.62. The van der Waals surface area contributed by atoms with Gasteiger partial charge in [-0.15, -0.1) is 0 Å². The summed E-state index contributed by atoms with van der Waals surface area (Å²) in [6.45, 7) is 3.65. The van der Waals surface area contributed by atoms with Gasteiger partial charge in [-0.25, -0.2) is 0 Å². The van der Waals surface area contributed by atoms with Crippen LogP contribution in [-0.2, 0) is 10.2 Å². The molecule has 0 aliphatic carbocycles. The van der Waals surface area contributed by atoms with Crippen molar-refractivity contribution in [3.63, 3.8) is 0 Å². The van der Waals surface area contributed by atoms with E-state index in [1.807, 2.05) is 6.07 Å². The van der Waals surface area contributed by atoms with Crippen molar-refractivity contribution in [1.82, 2.24) is 0 Å². The number of ether oxygens (including phenoxy) is 1. The van der Waals surface area contributed by atoms with E-state index in [2.05, 4.69) is 12.2 Å². The highest BCUT2D eigenvalue weighted by Crippen LogP contribution is 2.48. The predicted octanol–water partition coefficient (Wildman–Crippen LogP) is 2.85. The number of nitrogens with one attached hydrogen (secondary N) is 1. The number of rotatable bonds is 2. The van der Waals surface area contributed by atoms with Crippen LogP contribution < -0.4 is 5.32 Å². The molecule has 19 heavy (non-hydrogen) atoms. The van der Waals surface area contributed by atoms with Gasteiger partial charge in [0.05, 0.1) is 11.0 Å². The molecule has 102 valence electrons. The number of anilines is 1. The summed E-state index contributed by atoms with van der Waals surface area (Å²) in [7, 11) is 0. The van der Waals surface area contributed by atoms with Gasteiger partial charge in [0.1, 0.15) is 5.69 Å². The van der Waals surface area contributed by atoms with E-state index in [0.717, 1.165) is 38.0 Å². The van der Waals surface area contributed by atoms with Crippen molar-refractivity contribution in [2.45, 2.75) is 37.7 Å². The summed E-state index contributed by atoms with van der Waals surface area (Å²) in [6, 6.07) is 5.39. The Morgan fingerprint density at radius 3 is 3.16 bits per heavy atom. The molecule has 0 aromatic heterocycles. The molecule has 5 heteroatoms. The lowest BCUT2D eigenvalue weighted by molar-refractivity contribution is -0.383. The van der Waals surface area contributed by atoms with Crippen LogP contribution in [-0.4, -0.2) is 24.2 Å². The Morgan fingerprint density at radius 2 is 2.42 bits per heavy atom. The van der Waals surface area contributed by atoms with Crippen molar-refractivity contribution in [3.05, 3.63) is 33.9 Å². The van der Waals surface area contributed by atoms with Crippen molar-refractivity contribution in [2.75, 3.05) is 18.5 Å². The Balaban J connectivity index is 2.02. The topological polar surface area (TPSA) is 64.4 Å². The molecule has 0 radical (unpaired) electrons. The molecule has 1 saturated heterocycles. The number of para-hydroxylation sites is 1. The minimum atomic E-state index is -0.304. The maximum absolute atomic E-state index is 11.1. The van der Waals surface area contributed by atoms with Gasteiger partial charge in [0.15, 0.2) is 0 Å². The molecule has 0 amide bonds. The molecule has 3 rings (SSSR count). The first-order valence-electron chi connectivity index (χ1n) is 6.79. The van der Waals surface area contributed by atoms with E-state index >= 15 is 0 Å². The van der Waals surface area contributed by atoms with E-state index < -0.39 is 0 Å². The van der Waals surface area contributed by atoms with Crippen LogP contribution in [0.4, 0.5) is 11.4 Å². The zero-order chi connectivity index (χ0) is 13.5. The second kappa shape index (κ2) is 4.49. The summed E-state index contributed by atoms with van der Waals surface area (Å²) >= 11 is 0. The van der Waals surface area contributed by atoms with Gasteiger partial charge in [-0.05, 0) is 24.8 Å². The number of hydrogen-bond donors (Lipinski definition) is 1. The van der Waals surface area contributed by atoms with Crippen molar-refractivity contribution >= 4 is 11.4 Å². The number of nitro groups is 1. The average Bonchev–Trinajstić information content (AvgIpc) is 2.77. The summed E-state index contributed by atoms with van der Waals surface area (Å²) in [4.78, 5) is 10.8. The van der Waals surface area contributed by atoms with E-state index in [0.29, 0.717) is 5.69 Å². The second-order valence-electron chi connectivity index (χ2n) is 5.45. The zero-order valence-corrected chi connectivity index (χ0v) is 11.0. The standard InChI is InChI=1S/C14H18N2O3/c1-2-10-8-14(6-7-19-10)9-15-13-11(14)4-3-5-12(13)16(17)18/h3-5,10,15H,2,6-9H2,1H3. The first-order valence-corrected chi connectivity index (χ1v) is 6.79. The lowest BCUT2D eigenvalue weighted by Crippen LogP contribution is -2.39. The summed E-state index contributed by atoms with van der Waals surface area (Å²) in [5.41, 5.74) is 2.02. The third-order valence-corrected chi connectivity index (χ3v) is 4.42. The molecule has 2 heterocycles. The summed E-state index contributed by atoms with van der Waals surface area (Å²) in [5.74, 6) is 0. The highest BCUT2D eigenvalue weighted by molar-refractivity contribution is 5.72. The Bertz CT molecular complexity index is 517. The molecule has 2 unspecified atom stereocenters. The molecule has 1 N–H and O–H groups in total. The first-order chi connectivity index (χ1) is 9.16. The smallest absolute Gasteiger partial charge is 0.292 e. The first kappa shape index (κ1) is 12.4. The predicted molar refractivity (Wildman–Crippen MR) is 72.5 cm³/mol. The normalized spacial score (nSPS) is 29.0. The lowest BCUT2D eigenvalue weighted by atomic mass is 9.73. The van der Waals surface area contributed by atoms with E-state index in [4.69, 9.17) is 4.74 Å². The van der Waals surface area contributed by atoms with Gasteiger partial charge in [-0.2, -0.15) is 0 Å². The van der Waals surface area contributed by atoms with Crippen LogP contribution in [0.25, 0.3) is 0 Å². The van der Waals surface area contributed by atoms with Gasteiger partial charge in [-0.3, -0.25) is 10.1 Å². The SMILES string of the molecule is CCC1CC2(CCO1)CNc1c([N+](=O)[O-])cccc12.